The lowest BCUT2D eigenvalue weighted by Crippen LogP contribution is -2.61. The zero-order valence-electron chi connectivity index (χ0n) is 19.6. The number of aliphatic carboxylic acids is 1. The number of ether oxygens (including phenoxy) is 2. The van der Waals surface area contributed by atoms with Gasteiger partial charge in [0.1, 0.15) is 12.6 Å². The maximum atomic E-state index is 13.3. The first kappa shape index (κ1) is 23.8. The number of carboxylic acids is 1. The van der Waals surface area contributed by atoms with Crippen molar-refractivity contribution in [3.05, 3.63) is 59.7 Å². The van der Waals surface area contributed by atoms with Crippen LogP contribution in [0, 0.1) is 5.41 Å². The van der Waals surface area contributed by atoms with Gasteiger partial charge in [0, 0.05) is 12.5 Å². The number of alkyl carbamates (subject to hydrolysis) is 1. The van der Waals surface area contributed by atoms with E-state index in [0.717, 1.165) is 22.3 Å². The van der Waals surface area contributed by atoms with E-state index < -0.39 is 35.5 Å². The molecular weight excluding hydrogens is 436 g/mol. The average molecular weight is 467 g/mol. The molecule has 8 heteroatoms. The molecule has 2 aliphatic rings. The summed E-state index contributed by atoms with van der Waals surface area (Å²) in [5.41, 5.74) is 3.78. The molecule has 2 aromatic rings. The summed E-state index contributed by atoms with van der Waals surface area (Å²) in [5, 5.41) is 12.2. The molecule has 0 spiro atoms. The van der Waals surface area contributed by atoms with Crippen LogP contribution in [-0.2, 0) is 19.1 Å². The second-order valence-corrected chi connectivity index (χ2v) is 9.73. The number of rotatable bonds is 5. The zero-order chi connectivity index (χ0) is 24.5. The highest BCUT2D eigenvalue weighted by Gasteiger charge is 2.41. The number of benzene rings is 2. The van der Waals surface area contributed by atoms with E-state index in [1.165, 1.54) is 4.90 Å². The predicted molar refractivity (Wildman–Crippen MR) is 125 cm³/mol. The molecule has 1 fully saturated rings. The average Bonchev–Trinajstić information content (AvgIpc) is 3.14. The van der Waals surface area contributed by atoms with Gasteiger partial charge < -0.3 is 24.8 Å². The number of carbonyl (C=O) groups excluding carboxylic acids is 2. The minimum atomic E-state index is -1.14. The first-order valence-corrected chi connectivity index (χ1v) is 11.4. The van der Waals surface area contributed by atoms with Crippen molar-refractivity contribution in [2.45, 2.75) is 38.8 Å². The van der Waals surface area contributed by atoms with Gasteiger partial charge in [-0.05, 0) is 27.7 Å². The molecule has 34 heavy (non-hydrogen) atoms. The normalized spacial score (nSPS) is 18.6. The smallest absolute Gasteiger partial charge is 0.407 e. The Morgan fingerprint density at radius 2 is 1.68 bits per heavy atom. The highest BCUT2D eigenvalue weighted by Crippen LogP contribution is 2.44. The fraction of sp³-hybridized carbons (Fsp3) is 0.423. The number of hydrogen-bond donors (Lipinski definition) is 2. The van der Waals surface area contributed by atoms with Gasteiger partial charge in [-0.3, -0.25) is 4.79 Å². The predicted octanol–water partition coefficient (Wildman–Crippen LogP) is 3.25. The highest BCUT2D eigenvalue weighted by molar-refractivity contribution is 5.90. The quantitative estimate of drug-likeness (QED) is 0.701. The van der Waals surface area contributed by atoms with Gasteiger partial charge in [0.05, 0.1) is 13.2 Å². The topological polar surface area (TPSA) is 105 Å². The molecule has 1 unspecified atom stereocenters. The summed E-state index contributed by atoms with van der Waals surface area (Å²) in [5.74, 6) is -1.70. The monoisotopic (exact) mass is 466 g/mol. The van der Waals surface area contributed by atoms with Crippen LogP contribution in [0.3, 0.4) is 0 Å². The Bertz CT molecular complexity index is 1050. The molecule has 1 heterocycles. The Morgan fingerprint density at radius 3 is 2.24 bits per heavy atom. The second kappa shape index (κ2) is 9.46. The summed E-state index contributed by atoms with van der Waals surface area (Å²) in [4.78, 5) is 39.1. The van der Waals surface area contributed by atoms with Crippen molar-refractivity contribution in [3.8, 4) is 11.1 Å². The standard InChI is InChI=1S/C26H30N2O6/c1-26(2,3)22(23(29)28-12-13-33-15-21(28)24(30)31)27-25(32)34-14-20-18-10-6-4-8-16(18)17-9-5-7-11-19(17)20/h4-11,20-22H,12-15H2,1-3H3,(H,27,32)(H,30,31)/t21?,22-/m1/s1. The molecule has 0 saturated carbocycles. The van der Waals surface area contributed by atoms with E-state index in [4.69, 9.17) is 9.47 Å². The first-order chi connectivity index (χ1) is 16.2. The van der Waals surface area contributed by atoms with E-state index in [1.807, 2.05) is 57.2 Å². The summed E-state index contributed by atoms with van der Waals surface area (Å²) in [7, 11) is 0. The number of fused-ring (bicyclic) bond motifs is 3. The van der Waals surface area contributed by atoms with Crippen LogP contribution in [0.5, 0.6) is 0 Å². The number of morpholine rings is 1. The molecule has 8 nitrogen and oxygen atoms in total. The third kappa shape index (κ3) is 4.63. The van der Waals surface area contributed by atoms with Crippen LogP contribution in [0.25, 0.3) is 11.1 Å². The summed E-state index contributed by atoms with van der Waals surface area (Å²) in [6, 6.07) is 14.1. The van der Waals surface area contributed by atoms with Gasteiger partial charge in [-0.25, -0.2) is 9.59 Å². The second-order valence-electron chi connectivity index (χ2n) is 9.73. The summed E-state index contributed by atoms with van der Waals surface area (Å²) in [6.07, 6.45) is -0.713. The van der Waals surface area contributed by atoms with Gasteiger partial charge in [-0.1, -0.05) is 69.3 Å². The van der Waals surface area contributed by atoms with E-state index in [-0.39, 0.29) is 32.3 Å². The van der Waals surface area contributed by atoms with Gasteiger partial charge >= 0.3 is 12.1 Å². The highest BCUT2D eigenvalue weighted by atomic mass is 16.5. The molecule has 2 aromatic carbocycles. The van der Waals surface area contributed by atoms with Crippen LogP contribution in [0.2, 0.25) is 0 Å². The number of amides is 2. The lowest BCUT2D eigenvalue weighted by molar-refractivity contribution is -0.160. The van der Waals surface area contributed by atoms with Gasteiger partial charge in [-0.15, -0.1) is 0 Å². The van der Waals surface area contributed by atoms with E-state index in [1.54, 1.807) is 0 Å². The maximum absolute atomic E-state index is 13.3. The molecule has 0 aromatic heterocycles. The lowest BCUT2D eigenvalue weighted by Gasteiger charge is -2.39. The Labute approximate surface area is 198 Å². The van der Waals surface area contributed by atoms with E-state index in [2.05, 4.69) is 17.4 Å². The van der Waals surface area contributed by atoms with Crippen molar-refractivity contribution in [3.63, 3.8) is 0 Å². The molecule has 2 atom stereocenters. The van der Waals surface area contributed by atoms with Crippen LogP contribution in [-0.4, -0.2) is 66.4 Å². The number of carboxylic acid groups (broad SMARTS) is 1. The number of hydrogen-bond acceptors (Lipinski definition) is 5. The fourth-order valence-corrected chi connectivity index (χ4v) is 4.64. The Morgan fingerprint density at radius 1 is 1.09 bits per heavy atom. The lowest BCUT2D eigenvalue weighted by atomic mass is 9.85. The molecule has 0 bridgehead atoms. The van der Waals surface area contributed by atoms with Crippen molar-refractivity contribution >= 4 is 18.0 Å². The van der Waals surface area contributed by atoms with Crippen molar-refractivity contribution in [1.29, 1.82) is 0 Å². The molecule has 2 N–H and O–H groups in total. The Balaban J connectivity index is 1.47. The summed E-state index contributed by atoms with van der Waals surface area (Å²) < 4.78 is 10.9. The van der Waals surface area contributed by atoms with Gasteiger partial charge in [0.25, 0.3) is 0 Å². The van der Waals surface area contributed by atoms with Crippen LogP contribution in [0.1, 0.15) is 37.8 Å². The van der Waals surface area contributed by atoms with E-state index in [0.29, 0.717) is 0 Å². The van der Waals surface area contributed by atoms with E-state index in [9.17, 15) is 19.5 Å². The molecular formula is C26H30N2O6. The van der Waals surface area contributed by atoms with Crippen LogP contribution in [0.15, 0.2) is 48.5 Å². The summed E-state index contributed by atoms with van der Waals surface area (Å²) in [6.45, 7) is 5.88. The maximum Gasteiger partial charge on any atom is 0.407 e. The Kier molecular flexibility index (Phi) is 6.61. The number of nitrogens with one attached hydrogen (secondary N) is 1. The van der Waals surface area contributed by atoms with Gasteiger partial charge in [0.15, 0.2) is 6.04 Å². The third-order valence-electron chi connectivity index (χ3n) is 6.42. The third-order valence-corrected chi connectivity index (χ3v) is 6.42. The molecule has 0 radical (unpaired) electrons. The first-order valence-electron chi connectivity index (χ1n) is 11.4. The minimum Gasteiger partial charge on any atom is -0.480 e. The minimum absolute atomic E-state index is 0.0805. The summed E-state index contributed by atoms with van der Waals surface area (Å²) >= 11 is 0. The van der Waals surface area contributed by atoms with Crippen LogP contribution in [0.4, 0.5) is 4.79 Å². The SMILES string of the molecule is CC(C)(C)[C@H](NC(=O)OCC1c2ccccc2-c2ccccc21)C(=O)N1CCOCC1C(=O)O. The van der Waals surface area contributed by atoms with Crippen molar-refractivity contribution in [2.24, 2.45) is 5.41 Å². The van der Waals surface area contributed by atoms with Crippen LogP contribution < -0.4 is 5.32 Å². The molecule has 180 valence electrons. The molecule has 1 aliphatic heterocycles. The number of nitrogens with zero attached hydrogens (tertiary/aromatic N) is 1. The fourth-order valence-electron chi connectivity index (χ4n) is 4.64. The molecule has 4 rings (SSSR count). The van der Waals surface area contributed by atoms with Crippen molar-refractivity contribution < 1.29 is 29.0 Å². The van der Waals surface area contributed by atoms with Gasteiger partial charge in [-0.2, -0.15) is 0 Å². The zero-order valence-corrected chi connectivity index (χ0v) is 19.6. The van der Waals surface area contributed by atoms with Crippen molar-refractivity contribution in [1.82, 2.24) is 10.2 Å². The largest absolute Gasteiger partial charge is 0.480 e. The molecule has 2 amide bonds. The van der Waals surface area contributed by atoms with Crippen molar-refractivity contribution in [2.75, 3.05) is 26.4 Å². The Hall–Kier alpha value is -3.39. The van der Waals surface area contributed by atoms with Crippen LogP contribution >= 0.6 is 0 Å². The molecule has 1 aliphatic carbocycles. The van der Waals surface area contributed by atoms with Gasteiger partial charge in [0.2, 0.25) is 5.91 Å². The van der Waals surface area contributed by atoms with E-state index >= 15 is 0 Å². The molecule has 1 saturated heterocycles. The number of carbonyl (C=O) groups is 3.